The van der Waals surface area contributed by atoms with Gasteiger partial charge in [0.2, 0.25) is 0 Å². The minimum atomic E-state index is -0.269. The third-order valence-electron chi connectivity index (χ3n) is 5.46. The van der Waals surface area contributed by atoms with Crippen molar-refractivity contribution in [3.8, 4) is 11.4 Å². The van der Waals surface area contributed by atoms with Gasteiger partial charge in [-0.1, -0.05) is 31.9 Å². The SMILES string of the molecule is CC1(CNc2nc(-c3cccnc3)nc3ccccc23)CCCCC1O. The Labute approximate surface area is 153 Å². The van der Waals surface area contributed by atoms with Crippen molar-refractivity contribution in [1.82, 2.24) is 15.0 Å². The summed E-state index contributed by atoms with van der Waals surface area (Å²) in [6.45, 7) is 2.86. The van der Waals surface area contributed by atoms with Crippen LogP contribution in [0, 0.1) is 5.41 Å². The number of aliphatic hydroxyl groups is 1. The van der Waals surface area contributed by atoms with E-state index in [0.717, 1.165) is 41.5 Å². The Bertz CT molecular complexity index is 899. The van der Waals surface area contributed by atoms with E-state index in [1.54, 1.807) is 12.4 Å². The summed E-state index contributed by atoms with van der Waals surface area (Å²) in [6, 6.07) is 11.9. The van der Waals surface area contributed by atoms with Crippen LogP contribution in [0.5, 0.6) is 0 Å². The highest BCUT2D eigenvalue weighted by atomic mass is 16.3. The quantitative estimate of drug-likeness (QED) is 0.744. The highest BCUT2D eigenvalue weighted by Gasteiger charge is 2.35. The minimum absolute atomic E-state index is 0.126. The van der Waals surface area contributed by atoms with Crippen LogP contribution in [-0.4, -0.2) is 32.7 Å². The third kappa shape index (κ3) is 3.27. The van der Waals surface area contributed by atoms with Crippen molar-refractivity contribution < 1.29 is 5.11 Å². The van der Waals surface area contributed by atoms with Crippen molar-refractivity contribution in [2.75, 3.05) is 11.9 Å². The van der Waals surface area contributed by atoms with E-state index >= 15 is 0 Å². The van der Waals surface area contributed by atoms with Gasteiger partial charge in [0.15, 0.2) is 5.82 Å². The van der Waals surface area contributed by atoms with Gasteiger partial charge >= 0.3 is 0 Å². The zero-order valence-electron chi connectivity index (χ0n) is 15.0. The normalized spacial score (nSPS) is 23.1. The maximum absolute atomic E-state index is 10.5. The molecule has 5 heteroatoms. The van der Waals surface area contributed by atoms with Crippen LogP contribution in [0.1, 0.15) is 32.6 Å². The first kappa shape index (κ1) is 16.9. The van der Waals surface area contributed by atoms with E-state index in [-0.39, 0.29) is 11.5 Å². The van der Waals surface area contributed by atoms with Gasteiger partial charge in [-0.3, -0.25) is 4.98 Å². The molecule has 0 radical (unpaired) electrons. The molecular weight excluding hydrogens is 324 g/mol. The predicted octanol–water partition coefficient (Wildman–Crippen LogP) is 4.04. The molecule has 1 saturated carbocycles. The van der Waals surface area contributed by atoms with Gasteiger partial charge in [-0.2, -0.15) is 0 Å². The number of rotatable bonds is 4. The van der Waals surface area contributed by atoms with Crippen molar-refractivity contribution >= 4 is 16.7 Å². The van der Waals surface area contributed by atoms with E-state index in [2.05, 4.69) is 17.2 Å². The second kappa shape index (κ2) is 7.00. The number of anilines is 1. The lowest BCUT2D eigenvalue weighted by atomic mass is 9.73. The molecule has 5 nitrogen and oxygen atoms in total. The number of fused-ring (bicyclic) bond motifs is 1. The molecular formula is C21H24N4O. The largest absolute Gasteiger partial charge is 0.392 e. The first-order valence-electron chi connectivity index (χ1n) is 9.25. The lowest BCUT2D eigenvalue weighted by Crippen LogP contribution is -2.41. The first-order valence-corrected chi connectivity index (χ1v) is 9.25. The van der Waals surface area contributed by atoms with Gasteiger partial charge in [0, 0.05) is 35.3 Å². The number of aliphatic hydroxyl groups excluding tert-OH is 1. The zero-order valence-corrected chi connectivity index (χ0v) is 15.0. The van der Waals surface area contributed by atoms with Gasteiger partial charge in [-0.15, -0.1) is 0 Å². The molecule has 0 bridgehead atoms. The van der Waals surface area contributed by atoms with Crippen molar-refractivity contribution in [3.05, 3.63) is 48.8 Å². The fourth-order valence-electron chi connectivity index (χ4n) is 3.71. The summed E-state index contributed by atoms with van der Waals surface area (Å²) >= 11 is 0. The molecule has 2 aromatic heterocycles. The van der Waals surface area contributed by atoms with Crippen LogP contribution in [0.3, 0.4) is 0 Å². The average molecular weight is 348 g/mol. The zero-order chi connectivity index (χ0) is 18.0. The van der Waals surface area contributed by atoms with Crippen LogP contribution < -0.4 is 5.32 Å². The van der Waals surface area contributed by atoms with Crippen molar-refractivity contribution in [1.29, 1.82) is 0 Å². The van der Waals surface area contributed by atoms with Gasteiger partial charge in [0.05, 0.1) is 11.6 Å². The Balaban J connectivity index is 1.69. The van der Waals surface area contributed by atoms with Crippen molar-refractivity contribution in [2.45, 2.75) is 38.7 Å². The number of nitrogens with one attached hydrogen (secondary N) is 1. The fourth-order valence-corrected chi connectivity index (χ4v) is 3.71. The maximum Gasteiger partial charge on any atom is 0.163 e. The van der Waals surface area contributed by atoms with E-state index in [4.69, 9.17) is 9.97 Å². The van der Waals surface area contributed by atoms with Crippen LogP contribution in [0.2, 0.25) is 0 Å². The molecule has 2 unspecified atom stereocenters. The number of benzene rings is 1. The number of pyridine rings is 1. The topological polar surface area (TPSA) is 70.9 Å². The van der Waals surface area contributed by atoms with Gasteiger partial charge in [-0.25, -0.2) is 9.97 Å². The summed E-state index contributed by atoms with van der Waals surface area (Å²) in [4.78, 5) is 13.6. The Morgan fingerprint density at radius 2 is 2.04 bits per heavy atom. The summed E-state index contributed by atoms with van der Waals surface area (Å²) < 4.78 is 0. The summed E-state index contributed by atoms with van der Waals surface area (Å²) in [6.07, 6.45) is 7.44. The van der Waals surface area contributed by atoms with E-state index in [1.165, 1.54) is 6.42 Å². The molecule has 4 rings (SSSR count). The Morgan fingerprint density at radius 1 is 1.15 bits per heavy atom. The highest BCUT2D eigenvalue weighted by molar-refractivity contribution is 5.90. The Kier molecular flexibility index (Phi) is 4.55. The van der Waals surface area contributed by atoms with E-state index in [9.17, 15) is 5.11 Å². The fraction of sp³-hybridized carbons (Fsp3) is 0.381. The van der Waals surface area contributed by atoms with E-state index in [0.29, 0.717) is 12.4 Å². The maximum atomic E-state index is 10.5. The lowest BCUT2D eigenvalue weighted by Gasteiger charge is -2.38. The first-order chi connectivity index (χ1) is 12.7. The molecule has 26 heavy (non-hydrogen) atoms. The number of hydrogen-bond donors (Lipinski definition) is 2. The number of para-hydroxylation sites is 1. The standard InChI is InChI=1S/C21H24N4O/c1-21(11-5-4-10-18(21)26)14-23-20-16-8-2-3-9-17(16)24-19(25-20)15-7-6-12-22-13-15/h2-3,6-9,12-13,18,26H,4-5,10-11,14H2,1H3,(H,23,24,25). The molecule has 0 aliphatic heterocycles. The molecule has 1 fully saturated rings. The van der Waals surface area contributed by atoms with Crippen LogP contribution in [0.25, 0.3) is 22.3 Å². The summed E-state index contributed by atoms with van der Waals surface area (Å²) in [5.74, 6) is 1.47. The third-order valence-corrected chi connectivity index (χ3v) is 5.46. The van der Waals surface area contributed by atoms with E-state index in [1.807, 2.05) is 36.4 Å². The number of hydrogen-bond acceptors (Lipinski definition) is 5. The van der Waals surface area contributed by atoms with Crippen LogP contribution >= 0.6 is 0 Å². The highest BCUT2D eigenvalue weighted by Crippen LogP contribution is 2.36. The molecule has 3 aromatic rings. The monoisotopic (exact) mass is 348 g/mol. The average Bonchev–Trinajstić information content (AvgIpc) is 2.69. The minimum Gasteiger partial charge on any atom is -0.392 e. The van der Waals surface area contributed by atoms with Gasteiger partial charge in [0.1, 0.15) is 5.82 Å². The Morgan fingerprint density at radius 3 is 2.85 bits per heavy atom. The van der Waals surface area contributed by atoms with E-state index < -0.39 is 0 Å². The van der Waals surface area contributed by atoms with Crippen molar-refractivity contribution in [2.24, 2.45) is 5.41 Å². The predicted molar refractivity (Wildman–Crippen MR) is 104 cm³/mol. The number of aromatic nitrogens is 3. The number of nitrogens with zero attached hydrogens (tertiary/aromatic N) is 3. The molecule has 2 atom stereocenters. The molecule has 1 aromatic carbocycles. The van der Waals surface area contributed by atoms with Gasteiger partial charge in [0.25, 0.3) is 0 Å². The molecule has 2 heterocycles. The summed E-state index contributed by atoms with van der Waals surface area (Å²) in [5, 5.41) is 15.0. The second-order valence-corrected chi connectivity index (χ2v) is 7.42. The second-order valence-electron chi connectivity index (χ2n) is 7.42. The molecule has 2 N–H and O–H groups in total. The van der Waals surface area contributed by atoms with Crippen molar-refractivity contribution in [3.63, 3.8) is 0 Å². The Hall–Kier alpha value is -2.53. The summed E-state index contributed by atoms with van der Waals surface area (Å²) in [5.41, 5.74) is 1.67. The van der Waals surface area contributed by atoms with Gasteiger partial charge < -0.3 is 10.4 Å². The smallest absolute Gasteiger partial charge is 0.163 e. The molecule has 1 aliphatic rings. The summed E-state index contributed by atoms with van der Waals surface area (Å²) in [7, 11) is 0. The molecule has 0 saturated heterocycles. The van der Waals surface area contributed by atoms with Crippen LogP contribution in [0.15, 0.2) is 48.8 Å². The van der Waals surface area contributed by atoms with Crippen LogP contribution in [0.4, 0.5) is 5.82 Å². The molecule has 134 valence electrons. The molecule has 1 aliphatic carbocycles. The van der Waals surface area contributed by atoms with Gasteiger partial charge in [-0.05, 0) is 37.1 Å². The molecule has 0 spiro atoms. The molecule has 0 amide bonds. The lowest BCUT2D eigenvalue weighted by molar-refractivity contribution is 0.00960. The van der Waals surface area contributed by atoms with Crippen LogP contribution in [-0.2, 0) is 0 Å².